The third-order valence-electron chi connectivity index (χ3n) is 3.31. The molecule has 2 aromatic rings. The Kier molecular flexibility index (Phi) is 7.29. The van der Waals surface area contributed by atoms with Crippen LogP contribution in [0, 0.1) is 6.92 Å². The van der Waals surface area contributed by atoms with E-state index in [1.54, 1.807) is 36.4 Å². The normalized spacial score (nSPS) is 10.2. The summed E-state index contributed by atoms with van der Waals surface area (Å²) in [7, 11) is 0. The van der Waals surface area contributed by atoms with Crippen molar-refractivity contribution in [1.82, 2.24) is 10.9 Å². The van der Waals surface area contributed by atoms with E-state index in [1.807, 2.05) is 13.8 Å². The lowest BCUT2D eigenvalue weighted by molar-refractivity contribution is -0.123. The number of carbonyl (C=O) groups is 2. The molecule has 138 valence electrons. The van der Waals surface area contributed by atoms with Crippen molar-refractivity contribution in [2.75, 3.05) is 13.2 Å². The largest absolute Gasteiger partial charge is 0.493 e. The van der Waals surface area contributed by atoms with Gasteiger partial charge in [-0.3, -0.25) is 20.4 Å². The van der Waals surface area contributed by atoms with Crippen LogP contribution in [0.25, 0.3) is 0 Å². The van der Waals surface area contributed by atoms with Crippen LogP contribution in [0.5, 0.6) is 11.5 Å². The Bertz CT molecular complexity index is 814. The van der Waals surface area contributed by atoms with Crippen LogP contribution in [0.3, 0.4) is 0 Å². The molecule has 8 heteroatoms. The molecule has 2 N–H and O–H groups in total. The first-order valence-electron chi connectivity index (χ1n) is 7.81. The van der Waals surface area contributed by atoms with Gasteiger partial charge in [-0.1, -0.05) is 11.6 Å². The Hall–Kier alpha value is -2.25. The first-order chi connectivity index (χ1) is 12.4. The van der Waals surface area contributed by atoms with Crippen LogP contribution in [0.1, 0.15) is 22.8 Å². The van der Waals surface area contributed by atoms with Gasteiger partial charge in [0.05, 0.1) is 11.1 Å². The minimum absolute atomic E-state index is 0.240. The maximum absolute atomic E-state index is 12.1. The zero-order valence-electron chi connectivity index (χ0n) is 14.3. The number of rotatable bonds is 6. The highest BCUT2D eigenvalue weighted by molar-refractivity contribution is 9.10. The molecule has 0 bridgehead atoms. The fourth-order valence-corrected chi connectivity index (χ4v) is 2.79. The molecule has 0 spiro atoms. The maximum atomic E-state index is 12.1. The Labute approximate surface area is 164 Å². The van der Waals surface area contributed by atoms with E-state index in [0.29, 0.717) is 33.2 Å². The van der Waals surface area contributed by atoms with Crippen molar-refractivity contribution in [3.8, 4) is 11.5 Å². The van der Waals surface area contributed by atoms with E-state index < -0.39 is 11.8 Å². The van der Waals surface area contributed by atoms with Gasteiger partial charge in [-0.25, -0.2) is 0 Å². The van der Waals surface area contributed by atoms with Crippen LogP contribution in [0.15, 0.2) is 40.9 Å². The number of aryl methyl sites for hydroxylation is 1. The molecule has 6 nitrogen and oxygen atoms in total. The van der Waals surface area contributed by atoms with E-state index in [2.05, 4.69) is 26.8 Å². The van der Waals surface area contributed by atoms with Gasteiger partial charge >= 0.3 is 0 Å². The summed E-state index contributed by atoms with van der Waals surface area (Å²) in [4.78, 5) is 23.9. The van der Waals surface area contributed by atoms with Gasteiger partial charge in [-0.15, -0.1) is 0 Å². The molecule has 26 heavy (non-hydrogen) atoms. The van der Waals surface area contributed by atoms with Crippen molar-refractivity contribution in [1.29, 1.82) is 0 Å². The Morgan fingerprint density at radius 2 is 1.81 bits per heavy atom. The zero-order valence-corrected chi connectivity index (χ0v) is 16.6. The SMILES string of the molecule is CCOc1ccc(C(=O)NNC(=O)COc2ccc(Cl)cc2C)cc1Br. The van der Waals surface area contributed by atoms with E-state index in [-0.39, 0.29) is 6.61 Å². The van der Waals surface area contributed by atoms with Crippen molar-refractivity contribution in [2.24, 2.45) is 0 Å². The predicted octanol–water partition coefficient (Wildman–Crippen LogP) is 3.65. The van der Waals surface area contributed by atoms with Crippen LogP contribution in [-0.4, -0.2) is 25.0 Å². The van der Waals surface area contributed by atoms with E-state index in [0.717, 1.165) is 5.56 Å². The molecule has 2 amide bonds. The molecule has 0 aromatic heterocycles. The number of nitrogens with one attached hydrogen (secondary N) is 2. The van der Waals surface area contributed by atoms with Gasteiger partial charge in [0.2, 0.25) is 0 Å². The lowest BCUT2D eigenvalue weighted by atomic mass is 10.2. The fraction of sp³-hybridized carbons (Fsp3) is 0.222. The van der Waals surface area contributed by atoms with Crippen molar-refractivity contribution in [3.63, 3.8) is 0 Å². The fourth-order valence-electron chi connectivity index (χ4n) is 2.07. The van der Waals surface area contributed by atoms with Crippen molar-refractivity contribution < 1.29 is 19.1 Å². The second-order valence-electron chi connectivity index (χ2n) is 5.28. The number of hydrazine groups is 1. The smallest absolute Gasteiger partial charge is 0.276 e. The Morgan fingerprint density at radius 1 is 1.08 bits per heavy atom. The van der Waals surface area contributed by atoms with Crippen LogP contribution in [0.4, 0.5) is 0 Å². The number of ether oxygens (including phenoxy) is 2. The van der Waals surface area contributed by atoms with Gasteiger partial charge in [-0.05, 0) is 71.7 Å². The highest BCUT2D eigenvalue weighted by Crippen LogP contribution is 2.26. The Morgan fingerprint density at radius 3 is 2.46 bits per heavy atom. The van der Waals surface area contributed by atoms with Gasteiger partial charge < -0.3 is 9.47 Å². The summed E-state index contributed by atoms with van der Waals surface area (Å²) in [5.74, 6) is 0.244. The Balaban J connectivity index is 1.84. The van der Waals surface area contributed by atoms with Crippen LogP contribution >= 0.6 is 27.5 Å². The first-order valence-corrected chi connectivity index (χ1v) is 8.98. The maximum Gasteiger partial charge on any atom is 0.276 e. The molecule has 0 fully saturated rings. The minimum Gasteiger partial charge on any atom is -0.493 e. The molecule has 0 aliphatic rings. The minimum atomic E-state index is -0.488. The molecule has 0 aliphatic carbocycles. The molecular formula is C18H18BrClN2O4. The molecule has 0 heterocycles. The monoisotopic (exact) mass is 440 g/mol. The van der Waals surface area contributed by atoms with Crippen LogP contribution in [0.2, 0.25) is 5.02 Å². The standard InChI is InChI=1S/C18H18BrClN2O4/c1-3-25-16-6-4-12(9-14(16)19)18(24)22-21-17(23)10-26-15-7-5-13(20)8-11(15)2/h4-9H,3,10H2,1-2H3,(H,21,23)(H,22,24). The quantitative estimate of drug-likeness (QED) is 0.671. The summed E-state index contributed by atoms with van der Waals surface area (Å²) in [6.07, 6.45) is 0. The number of carbonyl (C=O) groups excluding carboxylic acids is 2. The second-order valence-corrected chi connectivity index (χ2v) is 6.57. The van der Waals surface area contributed by atoms with Crippen molar-refractivity contribution in [2.45, 2.75) is 13.8 Å². The average Bonchev–Trinajstić information content (AvgIpc) is 2.60. The topological polar surface area (TPSA) is 76.7 Å². The van der Waals surface area contributed by atoms with E-state index >= 15 is 0 Å². The molecule has 0 radical (unpaired) electrons. The van der Waals surface area contributed by atoms with E-state index in [1.165, 1.54) is 0 Å². The highest BCUT2D eigenvalue weighted by Gasteiger charge is 2.11. The van der Waals surface area contributed by atoms with Crippen LogP contribution < -0.4 is 20.3 Å². The average molecular weight is 442 g/mol. The highest BCUT2D eigenvalue weighted by atomic mass is 79.9. The van der Waals surface area contributed by atoms with E-state index in [9.17, 15) is 9.59 Å². The predicted molar refractivity (Wildman–Crippen MR) is 103 cm³/mol. The van der Waals surface area contributed by atoms with Gasteiger partial charge in [0, 0.05) is 10.6 Å². The molecule has 0 saturated carbocycles. The lowest BCUT2D eigenvalue weighted by Gasteiger charge is -2.11. The second kappa shape index (κ2) is 9.45. The van der Waals surface area contributed by atoms with Gasteiger partial charge in [0.25, 0.3) is 11.8 Å². The lowest BCUT2D eigenvalue weighted by Crippen LogP contribution is -2.43. The molecule has 0 unspecified atom stereocenters. The van der Waals surface area contributed by atoms with Gasteiger partial charge in [0.1, 0.15) is 11.5 Å². The number of amides is 2. The van der Waals surface area contributed by atoms with Crippen molar-refractivity contribution in [3.05, 3.63) is 57.0 Å². The number of halogens is 2. The molecule has 2 rings (SSSR count). The zero-order chi connectivity index (χ0) is 19.1. The van der Waals surface area contributed by atoms with Gasteiger partial charge in [0.15, 0.2) is 6.61 Å². The summed E-state index contributed by atoms with van der Waals surface area (Å²) in [6, 6.07) is 9.98. The number of hydrogen-bond donors (Lipinski definition) is 2. The molecule has 0 atom stereocenters. The molecular weight excluding hydrogens is 424 g/mol. The summed E-state index contributed by atoms with van der Waals surface area (Å²) in [5.41, 5.74) is 5.83. The summed E-state index contributed by atoms with van der Waals surface area (Å²) < 4.78 is 11.4. The third kappa shape index (κ3) is 5.64. The molecule has 2 aromatic carbocycles. The first kappa shape index (κ1) is 20.1. The number of hydrogen-bond acceptors (Lipinski definition) is 4. The summed E-state index contributed by atoms with van der Waals surface area (Å²) >= 11 is 9.20. The summed E-state index contributed by atoms with van der Waals surface area (Å²) in [5, 5.41) is 0.591. The third-order valence-corrected chi connectivity index (χ3v) is 4.16. The number of benzene rings is 2. The van der Waals surface area contributed by atoms with E-state index in [4.69, 9.17) is 21.1 Å². The molecule has 0 saturated heterocycles. The van der Waals surface area contributed by atoms with Gasteiger partial charge in [-0.2, -0.15) is 0 Å². The van der Waals surface area contributed by atoms with Crippen LogP contribution in [-0.2, 0) is 4.79 Å². The van der Waals surface area contributed by atoms with Crippen molar-refractivity contribution >= 4 is 39.3 Å². The summed E-state index contributed by atoms with van der Waals surface area (Å²) in [6.45, 7) is 3.98. The molecule has 0 aliphatic heterocycles.